The Morgan fingerprint density at radius 3 is 2.80 bits per heavy atom. The summed E-state index contributed by atoms with van der Waals surface area (Å²) in [6, 6.07) is 3.48. The largest absolute Gasteiger partial charge is 0.490 e. The van der Waals surface area contributed by atoms with Crippen molar-refractivity contribution in [2.24, 2.45) is 5.92 Å². The van der Waals surface area contributed by atoms with Crippen molar-refractivity contribution < 1.29 is 23.0 Å². The van der Waals surface area contributed by atoms with Crippen LogP contribution >= 0.6 is 0 Å². The molecule has 25 heavy (non-hydrogen) atoms. The molecule has 0 radical (unpaired) electrons. The van der Waals surface area contributed by atoms with Crippen molar-refractivity contribution in [1.82, 2.24) is 9.88 Å². The van der Waals surface area contributed by atoms with Crippen molar-refractivity contribution >= 4 is 5.91 Å². The zero-order chi connectivity index (χ0) is 17.9. The van der Waals surface area contributed by atoms with Crippen LogP contribution in [0.4, 0.5) is 8.78 Å². The number of nitrogens with zero attached hydrogens (tertiary/aromatic N) is 2. The molecule has 1 aliphatic heterocycles. The summed E-state index contributed by atoms with van der Waals surface area (Å²) in [6.45, 7) is 0.837. The number of amides is 1. The van der Waals surface area contributed by atoms with E-state index < -0.39 is 5.92 Å². The van der Waals surface area contributed by atoms with E-state index in [1.807, 2.05) is 6.07 Å². The Morgan fingerprint density at radius 2 is 2.16 bits per heavy atom. The van der Waals surface area contributed by atoms with Crippen LogP contribution in [0.3, 0.4) is 0 Å². The van der Waals surface area contributed by atoms with Crippen molar-refractivity contribution in [1.29, 1.82) is 0 Å². The fraction of sp³-hybridized carbons (Fsp3) is 0.667. The number of carbonyl (C=O) groups excluding carboxylic acids is 1. The molecule has 1 amide bonds. The minimum Gasteiger partial charge on any atom is -0.490 e. The Morgan fingerprint density at radius 1 is 1.40 bits per heavy atom. The molecule has 0 unspecified atom stereocenters. The molecule has 3 rings (SSSR count). The van der Waals surface area contributed by atoms with Crippen molar-refractivity contribution in [2.45, 2.75) is 50.2 Å². The number of halogens is 2. The lowest BCUT2D eigenvalue weighted by Gasteiger charge is -2.32. The summed E-state index contributed by atoms with van der Waals surface area (Å²) >= 11 is 0. The van der Waals surface area contributed by atoms with E-state index in [-0.39, 0.29) is 49.7 Å². The first-order chi connectivity index (χ1) is 12.0. The highest BCUT2D eigenvalue weighted by Crippen LogP contribution is 2.37. The molecule has 2 aliphatic rings. The van der Waals surface area contributed by atoms with Gasteiger partial charge in [-0.1, -0.05) is 0 Å². The van der Waals surface area contributed by atoms with Gasteiger partial charge in [0.25, 0.3) is 0 Å². The second-order valence-corrected chi connectivity index (χ2v) is 6.87. The van der Waals surface area contributed by atoms with Gasteiger partial charge in [-0.2, -0.15) is 0 Å². The molecular weight excluding hydrogens is 330 g/mol. The molecule has 2 heterocycles. The van der Waals surface area contributed by atoms with E-state index in [2.05, 4.69) is 4.98 Å². The molecule has 1 aromatic rings. The Hall–Kier alpha value is -1.76. The van der Waals surface area contributed by atoms with Gasteiger partial charge in [0.2, 0.25) is 11.8 Å². The second-order valence-electron chi connectivity index (χ2n) is 6.87. The number of pyridine rings is 1. The Labute approximate surface area is 146 Å². The van der Waals surface area contributed by atoms with Gasteiger partial charge in [0.05, 0.1) is 18.3 Å². The minimum absolute atomic E-state index is 0.0449. The summed E-state index contributed by atoms with van der Waals surface area (Å²) in [4.78, 5) is 18.6. The average molecular weight is 354 g/mol. The van der Waals surface area contributed by atoms with Crippen molar-refractivity contribution in [3.8, 4) is 5.75 Å². The molecule has 2 atom stereocenters. The fourth-order valence-corrected chi connectivity index (χ4v) is 3.62. The van der Waals surface area contributed by atoms with Gasteiger partial charge in [0, 0.05) is 38.6 Å². The first-order valence-corrected chi connectivity index (χ1v) is 8.72. The van der Waals surface area contributed by atoms with Crippen molar-refractivity contribution in [2.75, 3.05) is 20.3 Å². The third kappa shape index (κ3) is 4.45. The summed E-state index contributed by atoms with van der Waals surface area (Å²) in [6.07, 6.45) is 4.01. The van der Waals surface area contributed by atoms with E-state index in [9.17, 15) is 13.6 Å². The molecule has 1 saturated carbocycles. The number of rotatable bonds is 5. The van der Waals surface area contributed by atoms with E-state index in [4.69, 9.17) is 9.47 Å². The van der Waals surface area contributed by atoms with Crippen molar-refractivity contribution in [3.05, 3.63) is 24.5 Å². The van der Waals surface area contributed by atoms with Crippen LogP contribution in [0.25, 0.3) is 0 Å². The summed E-state index contributed by atoms with van der Waals surface area (Å²) in [5, 5.41) is 0. The van der Waals surface area contributed by atoms with Gasteiger partial charge >= 0.3 is 0 Å². The van der Waals surface area contributed by atoms with Gasteiger partial charge in [-0.05, 0) is 31.4 Å². The zero-order valence-electron chi connectivity index (χ0n) is 14.4. The number of methoxy groups -OCH3 is 1. The lowest BCUT2D eigenvalue weighted by Crippen LogP contribution is -2.44. The first-order valence-electron chi connectivity index (χ1n) is 8.72. The monoisotopic (exact) mass is 354 g/mol. The van der Waals surface area contributed by atoms with Crippen LogP contribution in [0.2, 0.25) is 0 Å². The van der Waals surface area contributed by atoms with Gasteiger partial charge in [-0.15, -0.1) is 0 Å². The van der Waals surface area contributed by atoms with Gasteiger partial charge < -0.3 is 14.4 Å². The molecule has 7 heteroatoms. The van der Waals surface area contributed by atoms with Crippen LogP contribution in [0.15, 0.2) is 24.5 Å². The Balaban J connectivity index is 1.61. The molecule has 0 spiro atoms. The highest BCUT2D eigenvalue weighted by atomic mass is 19.3. The van der Waals surface area contributed by atoms with E-state index >= 15 is 0 Å². The Bertz CT molecular complexity index is 575. The molecular formula is C18H24F2N2O3. The number of alkyl halides is 2. The predicted octanol–water partition coefficient (Wildman–Crippen LogP) is 2.90. The quantitative estimate of drug-likeness (QED) is 0.816. The van der Waals surface area contributed by atoms with Crippen LogP contribution in [0.1, 0.15) is 32.1 Å². The molecule has 1 aliphatic carbocycles. The van der Waals surface area contributed by atoms with Crippen LogP contribution in [0, 0.1) is 5.92 Å². The summed E-state index contributed by atoms with van der Waals surface area (Å²) in [5.41, 5.74) is 0. The molecule has 5 nitrogen and oxygen atoms in total. The standard InChI is InChI=1S/C18H24F2N2O3/c1-24-16-9-14(12-25-15-3-2-8-21-10-15)22(11-16)17(23)13-4-6-18(19,20)7-5-13/h2-3,8,10,13-14,16H,4-7,9,11-12H2,1H3/t14-,16+/m0/s1. The van der Waals surface area contributed by atoms with E-state index in [0.29, 0.717) is 25.3 Å². The number of carbonyl (C=O) groups is 1. The second kappa shape index (κ2) is 7.64. The number of hydrogen-bond donors (Lipinski definition) is 0. The highest BCUT2D eigenvalue weighted by Gasteiger charge is 2.42. The maximum absolute atomic E-state index is 13.3. The van der Waals surface area contributed by atoms with Gasteiger partial charge in [0.1, 0.15) is 12.4 Å². The minimum atomic E-state index is -2.63. The maximum Gasteiger partial charge on any atom is 0.248 e. The SMILES string of the molecule is CO[C@@H]1C[C@@H](COc2cccnc2)N(C(=O)C2CCC(F)(F)CC2)C1. The smallest absolute Gasteiger partial charge is 0.248 e. The van der Waals surface area contributed by atoms with Gasteiger partial charge in [-0.3, -0.25) is 9.78 Å². The third-order valence-corrected chi connectivity index (χ3v) is 5.14. The van der Waals surface area contributed by atoms with E-state index in [0.717, 1.165) is 0 Å². The lowest BCUT2D eigenvalue weighted by atomic mass is 9.86. The predicted molar refractivity (Wildman–Crippen MR) is 87.6 cm³/mol. The average Bonchev–Trinajstić information content (AvgIpc) is 3.03. The van der Waals surface area contributed by atoms with E-state index in [1.54, 1.807) is 30.5 Å². The topological polar surface area (TPSA) is 51.7 Å². The molecule has 1 saturated heterocycles. The highest BCUT2D eigenvalue weighted by molar-refractivity contribution is 5.79. The maximum atomic E-state index is 13.3. The fourth-order valence-electron chi connectivity index (χ4n) is 3.62. The van der Waals surface area contributed by atoms with Gasteiger partial charge in [0.15, 0.2) is 0 Å². The van der Waals surface area contributed by atoms with Crippen LogP contribution in [0.5, 0.6) is 5.75 Å². The van der Waals surface area contributed by atoms with Gasteiger partial charge in [-0.25, -0.2) is 8.78 Å². The van der Waals surface area contributed by atoms with E-state index in [1.165, 1.54) is 0 Å². The first kappa shape index (κ1) is 18.0. The summed E-state index contributed by atoms with van der Waals surface area (Å²) in [5.74, 6) is -2.35. The number of ether oxygens (including phenoxy) is 2. The lowest BCUT2D eigenvalue weighted by molar-refractivity contribution is -0.141. The normalized spacial score (nSPS) is 26.6. The number of hydrogen-bond acceptors (Lipinski definition) is 4. The molecule has 138 valence electrons. The van der Waals surface area contributed by atoms with Crippen LogP contribution < -0.4 is 4.74 Å². The third-order valence-electron chi connectivity index (χ3n) is 5.14. The molecule has 0 N–H and O–H groups in total. The number of aromatic nitrogens is 1. The zero-order valence-corrected chi connectivity index (χ0v) is 14.4. The number of likely N-dealkylation sites (tertiary alicyclic amines) is 1. The molecule has 2 fully saturated rings. The summed E-state index contributed by atoms with van der Waals surface area (Å²) in [7, 11) is 1.62. The molecule has 1 aromatic heterocycles. The Kier molecular flexibility index (Phi) is 5.51. The van der Waals surface area contributed by atoms with Crippen LogP contribution in [-0.4, -0.2) is 54.1 Å². The molecule has 0 bridgehead atoms. The molecule has 0 aromatic carbocycles. The summed E-state index contributed by atoms with van der Waals surface area (Å²) < 4.78 is 37.9. The van der Waals surface area contributed by atoms with Crippen molar-refractivity contribution in [3.63, 3.8) is 0 Å². The van der Waals surface area contributed by atoms with Crippen LogP contribution in [-0.2, 0) is 9.53 Å².